The fourth-order valence-corrected chi connectivity index (χ4v) is 3.36. The minimum atomic E-state index is -4.59. The van der Waals surface area contributed by atoms with Crippen LogP contribution in [-0.2, 0) is 6.18 Å². The Morgan fingerprint density at radius 2 is 1.88 bits per heavy atom. The number of nitrogens with zero attached hydrogens (tertiary/aromatic N) is 3. The third kappa shape index (κ3) is 2.76. The van der Waals surface area contributed by atoms with E-state index in [2.05, 4.69) is 15.1 Å². The molecule has 0 spiro atoms. The summed E-state index contributed by atoms with van der Waals surface area (Å²) < 4.78 is 39.7. The Morgan fingerprint density at radius 1 is 1.25 bits per heavy atom. The van der Waals surface area contributed by atoms with Gasteiger partial charge in [0.25, 0.3) is 5.56 Å². The predicted octanol–water partition coefficient (Wildman–Crippen LogP) is 4.16. The van der Waals surface area contributed by atoms with E-state index in [1.165, 1.54) is 22.8 Å². The highest BCUT2D eigenvalue weighted by Crippen LogP contribution is 2.38. The van der Waals surface area contributed by atoms with E-state index in [1.54, 1.807) is 6.26 Å². The van der Waals surface area contributed by atoms with Gasteiger partial charge in [-0.1, -0.05) is 23.2 Å². The molecule has 0 amide bonds. The minimum Gasteiger partial charge on any atom is -0.312 e. The lowest BCUT2D eigenvalue weighted by Crippen LogP contribution is -2.09. The zero-order chi connectivity index (χ0) is 17.6. The number of benzene rings is 1. The van der Waals surface area contributed by atoms with Crippen LogP contribution in [0.5, 0.6) is 0 Å². The maximum Gasteiger partial charge on any atom is 0.416 e. The highest BCUT2D eigenvalue weighted by Gasteiger charge is 2.32. The SMILES string of the molecule is CSc1nn(-c2c(Cl)cc(C(F)(F)F)cc2Cl)c2nc[nH]c(=O)c12. The van der Waals surface area contributed by atoms with Crippen LogP contribution >= 0.6 is 35.0 Å². The van der Waals surface area contributed by atoms with Gasteiger partial charge in [-0.2, -0.15) is 18.3 Å². The van der Waals surface area contributed by atoms with Gasteiger partial charge in [-0.15, -0.1) is 11.8 Å². The molecule has 0 aliphatic heterocycles. The van der Waals surface area contributed by atoms with Gasteiger partial charge in [-0.3, -0.25) is 4.79 Å². The second-order valence-corrected chi connectivity index (χ2v) is 6.25. The third-order valence-corrected chi connectivity index (χ3v) is 4.44. The molecule has 2 heterocycles. The van der Waals surface area contributed by atoms with Crippen LogP contribution in [0.1, 0.15) is 5.56 Å². The van der Waals surface area contributed by atoms with E-state index in [9.17, 15) is 18.0 Å². The van der Waals surface area contributed by atoms with Gasteiger partial charge in [0.15, 0.2) is 5.65 Å². The van der Waals surface area contributed by atoms with Crippen molar-refractivity contribution in [3.63, 3.8) is 0 Å². The number of alkyl halides is 3. The molecule has 0 unspecified atom stereocenters. The zero-order valence-electron chi connectivity index (χ0n) is 11.8. The van der Waals surface area contributed by atoms with Gasteiger partial charge >= 0.3 is 6.18 Å². The van der Waals surface area contributed by atoms with Gasteiger partial charge in [0.2, 0.25) is 0 Å². The van der Waals surface area contributed by atoms with E-state index >= 15 is 0 Å². The van der Waals surface area contributed by atoms with Crippen molar-refractivity contribution >= 4 is 46.0 Å². The van der Waals surface area contributed by atoms with Crippen molar-refractivity contribution in [2.75, 3.05) is 6.26 Å². The highest BCUT2D eigenvalue weighted by molar-refractivity contribution is 7.98. The van der Waals surface area contributed by atoms with Gasteiger partial charge in [0.05, 0.1) is 21.9 Å². The van der Waals surface area contributed by atoms with E-state index < -0.39 is 17.3 Å². The summed E-state index contributed by atoms with van der Waals surface area (Å²) in [6.07, 6.45) is -1.72. The number of halogens is 5. The molecule has 1 aromatic carbocycles. The second-order valence-electron chi connectivity index (χ2n) is 4.64. The summed E-state index contributed by atoms with van der Waals surface area (Å²) in [6, 6.07) is 1.50. The number of thioether (sulfide) groups is 1. The summed E-state index contributed by atoms with van der Waals surface area (Å²) in [5, 5.41) is 4.25. The monoisotopic (exact) mass is 394 g/mol. The van der Waals surface area contributed by atoms with Crippen molar-refractivity contribution in [2.24, 2.45) is 0 Å². The smallest absolute Gasteiger partial charge is 0.312 e. The maximum atomic E-state index is 12.8. The summed E-state index contributed by atoms with van der Waals surface area (Å²) in [7, 11) is 0. The van der Waals surface area contributed by atoms with Crippen LogP contribution in [0.4, 0.5) is 13.2 Å². The molecule has 11 heteroatoms. The lowest BCUT2D eigenvalue weighted by atomic mass is 10.2. The van der Waals surface area contributed by atoms with Gasteiger partial charge in [-0.25, -0.2) is 9.67 Å². The Morgan fingerprint density at radius 3 is 2.42 bits per heavy atom. The van der Waals surface area contributed by atoms with Crippen molar-refractivity contribution in [3.8, 4) is 5.69 Å². The van der Waals surface area contributed by atoms with Crippen molar-refractivity contribution < 1.29 is 13.2 Å². The van der Waals surface area contributed by atoms with Crippen molar-refractivity contribution in [2.45, 2.75) is 11.2 Å². The fourth-order valence-electron chi connectivity index (χ4n) is 2.16. The maximum absolute atomic E-state index is 12.8. The molecule has 0 aliphatic rings. The molecule has 0 fully saturated rings. The van der Waals surface area contributed by atoms with Gasteiger partial charge < -0.3 is 4.98 Å². The molecule has 24 heavy (non-hydrogen) atoms. The Balaban J connectivity index is 2.33. The first-order valence-corrected chi connectivity index (χ1v) is 8.29. The second kappa shape index (κ2) is 5.98. The topological polar surface area (TPSA) is 63.6 Å². The molecule has 126 valence electrons. The Kier molecular flexibility index (Phi) is 4.27. The average Bonchev–Trinajstić information content (AvgIpc) is 2.86. The molecule has 0 saturated carbocycles. The van der Waals surface area contributed by atoms with Crippen molar-refractivity contribution in [1.82, 2.24) is 19.7 Å². The standard InChI is InChI=1S/C13H7Cl2F3N4OS/c1-24-12-8-10(19-4-20-11(8)23)22(21-12)9-6(14)2-5(3-7(9)15)13(16,17)18/h2-4H,1H3,(H,19,20,23). The summed E-state index contributed by atoms with van der Waals surface area (Å²) in [4.78, 5) is 18.4. The van der Waals surface area contributed by atoms with Crippen LogP contribution in [0, 0.1) is 0 Å². The molecule has 0 bridgehead atoms. The molecule has 0 radical (unpaired) electrons. The van der Waals surface area contributed by atoms with E-state index in [0.717, 1.165) is 12.1 Å². The first-order chi connectivity index (χ1) is 11.2. The van der Waals surface area contributed by atoms with Gasteiger partial charge in [0, 0.05) is 0 Å². The van der Waals surface area contributed by atoms with Crippen LogP contribution in [0.3, 0.4) is 0 Å². The molecule has 2 aromatic heterocycles. The van der Waals surface area contributed by atoms with Crippen LogP contribution in [0.15, 0.2) is 28.3 Å². The first-order valence-electron chi connectivity index (χ1n) is 6.31. The number of hydrogen-bond donors (Lipinski definition) is 1. The van der Waals surface area contributed by atoms with E-state index in [0.29, 0.717) is 5.03 Å². The largest absolute Gasteiger partial charge is 0.416 e. The van der Waals surface area contributed by atoms with Crippen molar-refractivity contribution in [1.29, 1.82) is 0 Å². The molecule has 1 N–H and O–H groups in total. The lowest BCUT2D eigenvalue weighted by molar-refractivity contribution is -0.137. The Labute approximate surface area is 146 Å². The number of aromatic nitrogens is 4. The molecule has 0 saturated heterocycles. The normalized spacial score (nSPS) is 12.1. The summed E-state index contributed by atoms with van der Waals surface area (Å²) in [5.74, 6) is 0. The molecule has 3 rings (SSSR count). The molecular weight excluding hydrogens is 388 g/mol. The number of hydrogen-bond acceptors (Lipinski definition) is 4. The van der Waals surface area contributed by atoms with E-state index in [4.69, 9.17) is 23.2 Å². The first kappa shape index (κ1) is 17.1. The number of nitrogens with one attached hydrogen (secondary N) is 1. The number of aromatic amines is 1. The summed E-state index contributed by atoms with van der Waals surface area (Å²) >= 11 is 13.2. The zero-order valence-corrected chi connectivity index (χ0v) is 14.1. The van der Waals surface area contributed by atoms with Crippen LogP contribution in [0.25, 0.3) is 16.7 Å². The summed E-state index contributed by atoms with van der Waals surface area (Å²) in [6.45, 7) is 0. The predicted molar refractivity (Wildman–Crippen MR) is 86.3 cm³/mol. The van der Waals surface area contributed by atoms with E-state index in [1.807, 2.05) is 0 Å². The van der Waals surface area contributed by atoms with Crippen LogP contribution in [-0.4, -0.2) is 26.0 Å². The van der Waals surface area contributed by atoms with Gasteiger partial charge in [0.1, 0.15) is 16.1 Å². The molecule has 0 atom stereocenters. The van der Waals surface area contributed by atoms with E-state index in [-0.39, 0.29) is 26.8 Å². The average molecular weight is 395 g/mol. The quantitative estimate of drug-likeness (QED) is 0.662. The van der Waals surface area contributed by atoms with Crippen LogP contribution in [0.2, 0.25) is 10.0 Å². The molecule has 5 nitrogen and oxygen atoms in total. The lowest BCUT2D eigenvalue weighted by Gasteiger charge is -2.12. The number of fused-ring (bicyclic) bond motifs is 1. The number of H-pyrrole nitrogens is 1. The van der Waals surface area contributed by atoms with Crippen molar-refractivity contribution in [3.05, 3.63) is 44.4 Å². The third-order valence-electron chi connectivity index (χ3n) is 3.19. The minimum absolute atomic E-state index is 0.0229. The Hall–Kier alpha value is -1.71. The number of rotatable bonds is 2. The van der Waals surface area contributed by atoms with Crippen LogP contribution < -0.4 is 5.56 Å². The molecule has 0 aliphatic carbocycles. The molecule has 3 aromatic rings. The fraction of sp³-hybridized carbons (Fsp3) is 0.154. The highest BCUT2D eigenvalue weighted by atomic mass is 35.5. The van der Waals surface area contributed by atoms with Gasteiger partial charge in [-0.05, 0) is 18.4 Å². The molecular formula is C13H7Cl2F3N4OS. The Bertz CT molecular complexity index is 976. The summed E-state index contributed by atoms with van der Waals surface area (Å²) in [5.41, 5.74) is -1.23.